The summed E-state index contributed by atoms with van der Waals surface area (Å²) in [5, 5.41) is 3.55. The van der Waals surface area contributed by atoms with Gasteiger partial charge < -0.3 is 5.32 Å². The number of hydrogen-bond donors (Lipinski definition) is 1. The van der Waals surface area contributed by atoms with Gasteiger partial charge in [-0.25, -0.2) is 4.39 Å². The lowest BCUT2D eigenvalue weighted by Crippen LogP contribution is -2.23. The number of benzene rings is 1. The fraction of sp³-hybridized carbons (Fsp3) is 0.333. The van der Waals surface area contributed by atoms with Crippen molar-refractivity contribution in [1.82, 2.24) is 5.32 Å². The molecule has 2 aromatic rings. The molecule has 0 saturated heterocycles. The average molecular weight is 296 g/mol. The summed E-state index contributed by atoms with van der Waals surface area (Å²) >= 11 is 7.79. The quantitative estimate of drug-likeness (QED) is 0.865. The molecule has 100 valence electrons. The first kappa shape index (κ1) is 13.1. The van der Waals surface area contributed by atoms with E-state index in [1.165, 1.54) is 29.0 Å². The normalized spacial score (nSPS) is 18.3. The first-order chi connectivity index (χ1) is 9.22. The van der Waals surface area contributed by atoms with Gasteiger partial charge in [-0.05, 0) is 48.6 Å². The Labute approximate surface area is 121 Å². The Kier molecular flexibility index (Phi) is 3.87. The zero-order valence-corrected chi connectivity index (χ0v) is 12.0. The van der Waals surface area contributed by atoms with Crippen molar-refractivity contribution in [1.29, 1.82) is 0 Å². The maximum Gasteiger partial charge on any atom is 0.123 e. The van der Waals surface area contributed by atoms with Gasteiger partial charge in [-0.1, -0.05) is 23.7 Å². The van der Waals surface area contributed by atoms with E-state index in [0.717, 1.165) is 29.3 Å². The van der Waals surface area contributed by atoms with E-state index in [0.29, 0.717) is 6.04 Å². The number of nitrogens with one attached hydrogen (secondary N) is 1. The predicted octanol–water partition coefficient (Wildman–Crippen LogP) is 4.71. The first-order valence-electron chi connectivity index (χ1n) is 6.48. The van der Waals surface area contributed by atoms with Gasteiger partial charge in [0.25, 0.3) is 0 Å². The van der Waals surface area contributed by atoms with Crippen molar-refractivity contribution in [2.45, 2.75) is 31.8 Å². The van der Waals surface area contributed by atoms with Crippen molar-refractivity contribution < 1.29 is 4.39 Å². The third-order valence-electron chi connectivity index (χ3n) is 3.55. The molecule has 1 nitrogen and oxygen atoms in total. The van der Waals surface area contributed by atoms with Crippen LogP contribution < -0.4 is 5.32 Å². The summed E-state index contributed by atoms with van der Waals surface area (Å²) in [5.41, 5.74) is 2.46. The van der Waals surface area contributed by atoms with Gasteiger partial charge in [0.2, 0.25) is 0 Å². The summed E-state index contributed by atoms with van der Waals surface area (Å²) in [6.45, 7) is 0.762. The lowest BCUT2D eigenvalue weighted by Gasteiger charge is -2.23. The molecule has 3 rings (SSSR count). The van der Waals surface area contributed by atoms with Crippen molar-refractivity contribution in [2.24, 2.45) is 0 Å². The highest BCUT2D eigenvalue weighted by atomic mass is 35.5. The maximum absolute atomic E-state index is 12.8. The van der Waals surface area contributed by atoms with E-state index in [9.17, 15) is 4.39 Å². The smallest absolute Gasteiger partial charge is 0.123 e. The number of halogens is 2. The summed E-state index contributed by atoms with van der Waals surface area (Å²) in [7, 11) is 0. The Morgan fingerprint density at radius 2 is 2.11 bits per heavy atom. The minimum absolute atomic E-state index is 0.187. The highest BCUT2D eigenvalue weighted by Crippen LogP contribution is 2.37. The second kappa shape index (κ2) is 5.61. The van der Waals surface area contributed by atoms with Gasteiger partial charge in [0, 0.05) is 17.5 Å². The van der Waals surface area contributed by atoms with Crippen molar-refractivity contribution >= 4 is 22.9 Å². The van der Waals surface area contributed by atoms with Gasteiger partial charge in [0.1, 0.15) is 5.82 Å². The SMILES string of the molecule is Fc1ccc(CNC2CCCc3sc(Cl)cc32)cc1. The molecule has 1 N–H and O–H groups in total. The Balaban J connectivity index is 1.69. The summed E-state index contributed by atoms with van der Waals surface area (Å²) in [6.07, 6.45) is 3.48. The van der Waals surface area contributed by atoms with Crippen LogP contribution in [0.3, 0.4) is 0 Å². The average Bonchev–Trinajstić information content (AvgIpc) is 2.79. The summed E-state index contributed by atoms with van der Waals surface area (Å²) in [6, 6.07) is 9.12. The van der Waals surface area contributed by atoms with Crippen LogP contribution in [0.5, 0.6) is 0 Å². The molecule has 1 aromatic heterocycles. The lowest BCUT2D eigenvalue weighted by molar-refractivity contribution is 0.463. The fourth-order valence-corrected chi connectivity index (χ4v) is 3.96. The van der Waals surface area contributed by atoms with E-state index in [2.05, 4.69) is 11.4 Å². The predicted molar refractivity (Wildman–Crippen MR) is 78.2 cm³/mol. The lowest BCUT2D eigenvalue weighted by atomic mass is 9.94. The molecule has 0 amide bonds. The summed E-state index contributed by atoms with van der Waals surface area (Å²) in [5.74, 6) is -0.187. The molecule has 1 atom stereocenters. The molecule has 1 aliphatic rings. The first-order valence-corrected chi connectivity index (χ1v) is 7.68. The van der Waals surface area contributed by atoms with Gasteiger partial charge in [-0.2, -0.15) is 0 Å². The highest BCUT2D eigenvalue weighted by Gasteiger charge is 2.22. The molecular formula is C15H15ClFNS. The van der Waals surface area contributed by atoms with Crippen LogP contribution in [0.15, 0.2) is 30.3 Å². The van der Waals surface area contributed by atoms with E-state index >= 15 is 0 Å². The maximum atomic E-state index is 12.8. The number of hydrogen-bond acceptors (Lipinski definition) is 2. The molecule has 0 saturated carbocycles. The number of thiophene rings is 1. The van der Waals surface area contributed by atoms with Gasteiger partial charge in [0.05, 0.1) is 4.34 Å². The van der Waals surface area contributed by atoms with E-state index in [1.54, 1.807) is 11.3 Å². The van der Waals surface area contributed by atoms with Crippen LogP contribution in [-0.4, -0.2) is 0 Å². The molecule has 1 aliphatic carbocycles. The molecule has 1 unspecified atom stereocenters. The van der Waals surface area contributed by atoms with Gasteiger partial charge >= 0.3 is 0 Å². The van der Waals surface area contributed by atoms with Crippen molar-refractivity contribution in [3.8, 4) is 0 Å². The summed E-state index contributed by atoms with van der Waals surface area (Å²) < 4.78 is 13.7. The standard InChI is InChI=1S/C15H15ClFNS/c16-15-8-12-13(2-1-3-14(12)19-15)18-9-10-4-6-11(17)7-5-10/h4-8,13,18H,1-3,9H2. The van der Waals surface area contributed by atoms with Gasteiger partial charge in [0.15, 0.2) is 0 Å². The molecule has 0 spiro atoms. The van der Waals surface area contributed by atoms with Crippen molar-refractivity contribution in [3.05, 3.63) is 56.5 Å². The van der Waals surface area contributed by atoms with Crippen LogP contribution in [-0.2, 0) is 13.0 Å². The minimum Gasteiger partial charge on any atom is -0.306 e. The topological polar surface area (TPSA) is 12.0 Å². The van der Waals surface area contributed by atoms with Crippen LogP contribution >= 0.6 is 22.9 Å². The Bertz CT molecular complexity index is 564. The molecular weight excluding hydrogens is 281 g/mol. The molecule has 4 heteroatoms. The Morgan fingerprint density at radius 1 is 1.32 bits per heavy atom. The molecule has 0 bridgehead atoms. The van der Waals surface area contributed by atoms with E-state index in [1.807, 2.05) is 12.1 Å². The van der Waals surface area contributed by atoms with Gasteiger partial charge in [-0.3, -0.25) is 0 Å². The van der Waals surface area contributed by atoms with E-state index in [4.69, 9.17) is 11.6 Å². The zero-order chi connectivity index (χ0) is 13.2. The van der Waals surface area contributed by atoms with Crippen LogP contribution in [0.1, 0.15) is 34.9 Å². The Hall–Kier alpha value is -0.900. The third-order valence-corrected chi connectivity index (χ3v) is 4.89. The molecule has 1 heterocycles. The van der Waals surface area contributed by atoms with Crippen molar-refractivity contribution in [2.75, 3.05) is 0 Å². The number of fused-ring (bicyclic) bond motifs is 1. The van der Waals surface area contributed by atoms with E-state index in [-0.39, 0.29) is 5.82 Å². The molecule has 1 aromatic carbocycles. The van der Waals surface area contributed by atoms with E-state index < -0.39 is 0 Å². The monoisotopic (exact) mass is 295 g/mol. The minimum atomic E-state index is -0.187. The van der Waals surface area contributed by atoms with Gasteiger partial charge in [-0.15, -0.1) is 11.3 Å². The molecule has 19 heavy (non-hydrogen) atoms. The fourth-order valence-electron chi connectivity index (χ4n) is 2.58. The van der Waals surface area contributed by atoms with Crippen molar-refractivity contribution in [3.63, 3.8) is 0 Å². The second-order valence-electron chi connectivity index (χ2n) is 4.88. The number of rotatable bonds is 3. The van der Waals surface area contributed by atoms with Crippen LogP contribution in [0, 0.1) is 5.82 Å². The van der Waals surface area contributed by atoms with Crippen LogP contribution in [0.25, 0.3) is 0 Å². The molecule has 0 fully saturated rings. The summed E-state index contributed by atoms with van der Waals surface area (Å²) in [4.78, 5) is 1.41. The molecule has 0 aliphatic heterocycles. The highest BCUT2D eigenvalue weighted by molar-refractivity contribution is 7.16. The van der Waals surface area contributed by atoms with Crippen LogP contribution in [0.2, 0.25) is 4.34 Å². The Morgan fingerprint density at radius 3 is 2.89 bits per heavy atom. The zero-order valence-electron chi connectivity index (χ0n) is 10.5. The third kappa shape index (κ3) is 2.99. The molecule has 0 radical (unpaired) electrons. The van der Waals surface area contributed by atoms with Crippen LogP contribution in [0.4, 0.5) is 4.39 Å². The second-order valence-corrected chi connectivity index (χ2v) is 6.65. The number of aryl methyl sites for hydroxylation is 1. The largest absolute Gasteiger partial charge is 0.306 e.